The van der Waals surface area contributed by atoms with Crippen LogP contribution in [0.3, 0.4) is 0 Å². The zero-order valence-electron chi connectivity index (χ0n) is 11.4. The van der Waals surface area contributed by atoms with Gasteiger partial charge in [0.2, 0.25) is 0 Å². The Morgan fingerprint density at radius 1 is 1.42 bits per heavy atom. The van der Waals surface area contributed by atoms with Crippen molar-refractivity contribution in [3.8, 4) is 10.7 Å². The van der Waals surface area contributed by atoms with Gasteiger partial charge in [-0.05, 0) is 25.1 Å². The number of aromatic amines is 1. The molecule has 0 unspecified atom stereocenters. The smallest absolute Gasteiger partial charge is 0.195 e. The number of H-pyrrole nitrogens is 1. The van der Waals surface area contributed by atoms with Gasteiger partial charge >= 0.3 is 0 Å². The average Bonchev–Trinajstić information content (AvgIpc) is 2.96. The summed E-state index contributed by atoms with van der Waals surface area (Å²) in [5.41, 5.74) is 0.940. The fourth-order valence-electron chi connectivity index (χ4n) is 1.88. The van der Waals surface area contributed by atoms with Crippen LogP contribution < -0.4 is 0 Å². The van der Waals surface area contributed by atoms with Crippen LogP contribution in [-0.4, -0.2) is 26.9 Å². The Hall–Kier alpha value is -1.05. The molecule has 0 atom stereocenters. The Morgan fingerprint density at radius 2 is 2.21 bits per heavy atom. The second-order valence-electron chi connectivity index (χ2n) is 4.17. The Labute approximate surface area is 121 Å². The highest BCUT2D eigenvalue weighted by Gasteiger charge is 2.17. The Morgan fingerprint density at radius 3 is 2.84 bits per heavy atom. The number of aromatic nitrogens is 4. The van der Waals surface area contributed by atoms with Gasteiger partial charge in [0.05, 0.1) is 22.2 Å². The van der Waals surface area contributed by atoms with Crippen molar-refractivity contribution in [2.45, 2.75) is 39.8 Å². The summed E-state index contributed by atoms with van der Waals surface area (Å²) in [5.74, 6) is 0.871. The van der Waals surface area contributed by atoms with Crippen LogP contribution in [0.5, 0.6) is 0 Å². The molecule has 2 aromatic heterocycles. The molecule has 104 valence electrons. The van der Waals surface area contributed by atoms with Gasteiger partial charge in [0.15, 0.2) is 10.6 Å². The second kappa shape index (κ2) is 6.40. The van der Waals surface area contributed by atoms with Gasteiger partial charge in [0, 0.05) is 13.7 Å². The number of hydrogen-bond donors (Lipinski definition) is 1. The van der Waals surface area contributed by atoms with E-state index in [1.807, 2.05) is 4.57 Å². The molecule has 1 N–H and O–H groups in total. The maximum atomic E-state index is 5.28. The number of rotatable bonds is 6. The molecular formula is C12H18N4OS2. The molecule has 0 saturated heterocycles. The van der Waals surface area contributed by atoms with E-state index in [-0.39, 0.29) is 0 Å². The quantitative estimate of drug-likeness (QED) is 0.832. The van der Waals surface area contributed by atoms with Gasteiger partial charge in [-0.1, -0.05) is 13.8 Å². The SMILES string of the molecule is CCCn1c(-c2sc(CC)nc2COC)n[nH]c1=S. The molecule has 0 saturated carbocycles. The Balaban J connectivity index is 2.51. The minimum absolute atomic E-state index is 0.498. The van der Waals surface area contributed by atoms with Crippen LogP contribution in [0.2, 0.25) is 0 Å². The lowest BCUT2D eigenvalue weighted by atomic mass is 10.3. The molecule has 7 heteroatoms. The second-order valence-corrected chi connectivity index (χ2v) is 5.64. The number of hydrogen-bond acceptors (Lipinski definition) is 5. The predicted molar refractivity (Wildman–Crippen MR) is 78.9 cm³/mol. The monoisotopic (exact) mass is 298 g/mol. The van der Waals surface area contributed by atoms with Gasteiger partial charge in [-0.25, -0.2) is 4.98 Å². The summed E-state index contributed by atoms with van der Waals surface area (Å²) in [6.45, 7) is 5.58. The lowest BCUT2D eigenvalue weighted by Crippen LogP contribution is -2.01. The number of ether oxygens (including phenoxy) is 1. The number of aryl methyl sites for hydroxylation is 1. The predicted octanol–water partition coefficient (Wildman–Crippen LogP) is 3.18. The molecule has 0 radical (unpaired) electrons. The molecular weight excluding hydrogens is 280 g/mol. The van der Waals surface area contributed by atoms with Crippen molar-refractivity contribution >= 4 is 23.6 Å². The lowest BCUT2D eigenvalue weighted by Gasteiger charge is -2.04. The van der Waals surface area contributed by atoms with Crippen molar-refractivity contribution in [3.05, 3.63) is 15.5 Å². The standard InChI is InChI=1S/C12H18N4OS2/c1-4-6-16-11(14-15-12(16)18)10-8(7-17-3)13-9(5-2)19-10/h4-7H2,1-3H3,(H,15,18). The summed E-state index contributed by atoms with van der Waals surface area (Å²) in [4.78, 5) is 5.65. The Kier molecular flexibility index (Phi) is 4.84. The van der Waals surface area contributed by atoms with Gasteiger partial charge in [0.25, 0.3) is 0 Å². The van der Waals surface area contributed by atoms with Crippen LogP contribution in [0.25, 0.3) is 10.7 Å². The fourth-order valence-corrected chi connectivity index (χ4v) is 3.11. The van der Waals surface area contributed by atoms with Gasteiger partial charge in [-0.15, -0.1) is 11.3 Å². The van der Waals surface area contributed by atoms with E-state index in [1.165, 1.54) is 0 Å². The first-order chi connectivity index (χ1) is 9.21. The summed E-state index contributed by atoms with van der Waals surface area (Å²) in [6, 6.07) is 0. The van der Waals surface area contributed by atoms with E-state index in [9.17, 15) is 0 Å². The molecule has 0 aliphatic rings. The highest BCUT2D eigenvalue weighted by atomic mass is 32.1. The van der Waals surface area contributed by atoms with Crippen molar-refractivity contribution < 1.29 is 4.74 Å². The molecule has 0 aromatic carbocycles. The van der Waals surface area contributed by atoms with Crippen molar-refractivity contribution in [2.75, 3.05) is 7.11 Å². The summed E-state index contributed by atoms with van der Waals surface area (Å²) in [6.07, 6.45) is 1.93. The zero-order chi connectivity index (χ0) is 13.8. The minimum atomic E-state index is 0.498. The van der Waals surface area contributed by atoms with Gasteiger partial charge in [-0.2, -0.15) is 5.10 Å². The minimum Gasteiger partial charge on any atom is -0.378 e. The van der Waals surface area contributed by atoms with Crippen LogP contribution in [0.1, 0.15) is 31.0 Å². The molecule has 0 aliphatic heterocycles. The largest absolute Gasteiger partial charge is 0.378 e. The van der Waals surface area contributed by atoms with E-state index < -0.39 is 0 Å². The van der Waals surface area contributed by atoms with Crippen LogP contribution in [0.4, 0.5) is 0 Å². The molecule has 0 spiro atoms. The number of nitrogens with one attached hydrogen (secondary N) is 1. The van der Waals surface area contributed by atoms with Gasteiger partial charge in [0.1, 0.15) is 0 Å². The van der Waals surface area contributed by atoms with Crippen molar-refractivity contribution in [1.29, 1.82) is 0 Å². The molecule has 2 rings (SSSR count). The summed E-state index contributed by atoms with van der Waals surface area (Å²) in [7, 11) is 1.68. The van der Waals surface area contributed by atoms with E-state index >= 15 is 0 Å². The molecule has 2 heterocycles. The maximum Gasteiger partial charge on any atom is 0.195 e. The summed E-state index contributed by atoms with van der Waals surface area (Å²) >= 11 is 6.94. The third kappa shape index (κ3) is 2.93. The third-order valence-corrected chi connectivity index (χ3v) is 4.28. The topological polar surface area (TPSA) is 55.7 Å². The molecule has 0 aliphatic carbocycles. The highest BCUT2D eigenvalue weighted by Crippen LogP contribution is 2.30. The molecule has 0 bridgehead atoms. The van der Waals surface area contributed by atoms with Crippen molar-refractivity contribution in [2.24, 2.45) is 0 Å². The van der Waals surface area contributed by atoms with Crippen molar-refractivity contribution in [3.63, 3.8) is 0 Å². The Bertz CT molecular complexity index is 599. The summed E-state index contributed by atoms with van der Waals surface area (Å²) in [5, 5.41) is 8.32. The molecule has 19 heavy (non-hydrogen) atoms. The molecule has 5 nitrogen and oxygen atoms in total. The van der Waals surface area contributed by atoms with Crippen LogP contribution in [0.15, 0.2) is 0 Å². The third-order valence-electron chi connectivity index (χ3n) is 2.73. The lowest BCUT2D eigenvalue weighted by molar-refractivity contribution is 0.182. The molecule has 2 aromatic rings. The van der Waals surface area contributed by atoms with E-state index in [0.29, 0.717) is 11.4 Å². The van der Waals surface area contributed by atoms with E-state index in [0.717, 1.165) is 40.8 Å². The van der Waals surface area contributed by atoms with E-state index in [2.05, 4.69) is 29.0 Å². The normalized spacial score (nSPS) is 11.1. The molecule has 0 fully saturated rings. The first-order valence-corrected chi connectivity index (χ1v) is 7.56. The number of nitrogens with zero attached hydrogens (tertiary/aromatic N) is 3. The van der Waals surface area contributed by atoms with Crippen LogP contribution in [0, 0.1) is 4.77 Å². The molecule has 0 amide bonds. The highest BCUT2D eigenvalue weighted by molar-refractivity contribution is 7.71. The van der Waals surface area contributed by atoms with Crippen LogP contribution in [-0.2, 0) is 24.3 Å². The summed E-state index contributed by atoms with van der Waals surface area (Å²) < 4.78 is 7.91. The number of methoxy groups -OCH3 is 1. The van der Waals surface area contributed by atoms with E-state index in [1.54, 1.807) is 18.4 Å². The number of thiazole rings is 1. The van der Waals surface area contributed by atoms with Crippen molar-refractivity contribution in [1.82, 2.24) is 19.7 Å². The first kappa shape index (κ1) is 14.4. The van der Waals surface area contributed by atoms with Gasteiger partial charge < -0.3 is 4.74 Å². The van der Waals surface area contributed by atoms with Crippen LogP contribution >= 0.6 is 23.6 Å². The maximum absolute atomic E-state index is 5.28. The average molecular weight is 298 g/mol. The fraction of sp³-hybridized carbons (Fsp3) is 0.583. The first-order valence-electron chi connectivity index (χ1n) is 6.34. The van der Waals surface area contributed by atoms with E-state index in [4.69, 9.17) is 17.0 Å². The van der Waals surface area contributed by atoms with Gasteiger partial charge in [-0.3, -0.25) is 9.67 Å². The zero-order valence-corrected chi connectivity index (χ0v) is 13.0.